The van der Waals surface area contributed by atoms with E-state index >= 15 is 4.39 Å². The third kappa shape index (κ3) is 6.72. The number of aromatic nitrogens is 1. The van der Waals surface area contributed by atoms with Crippen molar-refractivity contribution < 1.29 is 13.2 Å². The molecule has 1 aromatic heterocycles. The molecule has 4 aromatic rings. The molecule has 0 atom stereocenters. The van der Waals surface area contributed by atoms with Gasteiger partial charge >= 0.3 is 0 Å². The summed E-state index contributed by atoms with van der Waals surface area (Å²) in [5, 5.41) is 1.45. The van der Waals surface area contributed by atoms with Crippen LogP contribution in [0.15, 0.2) is 66.9 Å². The summed E-state index contributed by atoms with van der Waals surface area (Å²) in [5.41, 5.74) is 4.75. The van der Waals surface area contributed by atoms with E-state index in [1.54, 1.807) is 12.1 Å². The zero-order valence-corrected chi connectivity index (χ0v) is 20.3. The number of rotatable bonds is 11. The van der Waals surface area contributed by atoms with Crippen LogP contribution < -0.4 is 0 Å². The maximum Gasteiger partial charge on any atom is 0.159 e. The number of hydrogen-bond acceptors (Lipinski definition) is 1. The Morgan fingerprint density at radius 2 is 1.40 bits per heavy atom. The predicted octanol–water partition coefficient (Wildman–Crippen LogP) is 8.35. The molecule has 0 aliphatic rings. The Bertz CT molecular complexity index is 1260. The van der Waals surface area contributed by atoms with E-state index in [4.69, 9.17) is 0 Å². The zero-order chi connectivity index (χ0) is 24.6. The molecule has 0 radical (unpaired) electrons. The molecule has 0 N–H and O–H groups in total. The molecule has 0 spiro atoms. The van der Waals surface area contributed by atoms with Gasteiger partial charge in [-0.25, -0.2) is 13.2 Å². The molecule has 35 heavy (non-hydrogen) atoms. The number of unbranched alkanes of at least 4 members (excludes halogenated alkanes) is 3. The van der Waals surface area contributed by atoms with Crippen molar-refractivity contribution in [2.75, 3.05) is 0 Å². The molecular weight excluding hydrogens is 443 g/mol. The maximum atomic E-state index is 15.1. The van der Waals surface area contributed by atoms with Crippen LogP contribution in [0.1, 0.15) is 60.6 Å². The highest BCUT2D eigenvalue weighted by Crippen LogP contribution is 2.24. The Hall–Kier alpha value is -3.14. The molecular formula is C31H32F3N. The standard InChI is InChI=1S/C31H32F3N/c1-2-3-4-5-6-24-9-16-27(35-21-24)15-8-22-10-17-28-26(19-22)14-13-25(31(28)34)12-7-23-11-18-29(32)30(33)20-23/h9-11,13-14,16-21H,2-8,12,15H2,1H3. The van der Waals surface area contributed by atoms with Gasteiger partial charge in [0.05, 0.1) is 0 Å². The molecule has 0 bridgehead atoms. The molecule has 4 heteroatoms. The van der Waals surface area contributed by atoms with Gasteiger partial charge in [0.25, 0.3) is 0 Å². The van der Waals surface area contributed by atoms with Gasteiger partial charge in [0.2, 0.25) is 0 Å². The number of nitrogens with zero attached hydrogens (tertiary/aromatic N) is 1. The first kappa shape index (κ1) is 25.0. The molecule has 182 valence electrons. The number of benzene rings is 3. The lowest BCUT2D eigenvalue weighted by atomic mass is 9.97. The van der Waals surface area contributed by atoms with Crippen LogP contribution in [0.4, 0.5) is 13.2 Å². The molecule has 0 unspecified atom stereocenters. The van der Waals surface area contributed by atoms with Crippen molar-refractivity contribution in [1.82, 2.24) is 4.98 Å². The average Bonchev–Trinajstić information content (AvgIpc) is 2.87. The van der Waals surface area contributed by atoms with Crippen molar-refractivity contribution in [3.05, 3.63) is 112 Å². The lowest BCUT2D eigenvalue weighted by Gasteiger charge is -2.09. The first-order valence-electron chi connectivity index (χ1n) is 12.6. The molecule has 1 heterocycles. The van der Waals surface area contributed by atoms with Crippen LogP contribution in [-0.4, -0.2) is 4.98 Å². The smallest absolute Gasteiger partial charge is 0.159 e. The van der Waals surface area contributed by atoms with Crippen LogP contribution >= 0.6 is 0 Å². The summed E-state index contributed by atoms with van der Waals surface area (Å²) in [4.78, 5) is 4.63. The summed E-state index contributed by atoms with van der Waals surface area (Å²) in [5.74, 6) is -1.98. The maximum absolute atomic E-state index is 15.1. The van der Waals surface area contributed by atoms with Crippen molar-refractivity contribution in [2.24, 2.45) is 0 Å². The van der Waals surface area contributed by atoms with Crippen LogP contribution in [0.3, 0.4) is 0 Å². The lowest BCUT2D eigenvalue weighted by Crippen LogP contribution is -1.98. The van der Waals surface area contributed by atoms with Crippen molar-refractivity contribution in [2.45, 2.75) is 64.7 Å². The number of halogens is 3. The Morgan fingerprint density at radius 1 is 0.629 bits per heavy atom. The highest BCUT2D eigenvalue weighted by atomic mass is 19.2. The number of hydrogen-bond donors (Lipinski definition) is 0. The molecule has 0 saturated carbocycles. The summed E-state index contributed by atoms with van der Waals surface area (Å²) in [6.07, 6.45) is 10.7. The van der Waals surface area contributed by atoms with E-state index in [0.29, 0.717) is 29.4 Å². The molecule has 0 aliphatic heterocycles. The van der Waals surface area contributed by atoms with Crippen molar-refractivity contribution in [1.29, 1.82) is 0 Å². The van der Waals surface area contributed by atoms with E-state index in [0.717, 1.165) is 42.0 Å². The van der Waals surface area contributed by atoms with E-state index in [-0.39, 0.29) is 5.82 Å². The fraction of sp³-hybridized carbons (Fsp3) is 0.323. The van der Waals surface area contributed by atoms with E-state index in [9.17, 15) is 8.78 Å². The second-order valence-electron chi connectivity index (χ2n) is 9.31. The van der Waals surface area contributed by atoms with Gasteiger partial charge in [0.1, 0.15) is 5.82 Å². The third-order valence-corrected chi connectivity index (χ3v) is 6.64. The SMILES string of the molecule is CCCCCCc1ccc(CCc2ccc3c(F)c(CCc4ccc(F)c(F)c4)ccc3c2)nc1. The molecule has 4 rings (SSSR count). The Balaban J connectivity index is 1.35. The largest absolute Gasteiger partial charge is 0.261 e. The first-order valence-corrected chi connectivity index (χ1v) is 12.6. The summed E-state index contributed by atoms with van der Waals surface area (Å²) in [6, 6.07) is 17.7. The Kier molecular flexibility index (Phi) is 8.57. The molecule has 1 nitrogen and oxygen atoms in total. The second kappa shape index (κ2) is 12.0. The fourth-order valence-electron chi connectivity index (χ4n) is 4.49. The molecule has 0 aliphatic carbocycles. The minimum atomic E-state index is -0.873. The van der Waals surface area contributed by atoms with E-state index in [1.165, 1.54) is 37.3 Å². The molecule has 0 amide bonds. The van der Waals surface area contributed by atoms with Gasteiger partial charge in [-0.15, -0.1) is 0 Å². The monoisotopic (exact) mass is 475 g/mol. The fourth-order valence-corrected chi connectivity index (χ4v) is 4.49. The van der Waals surface area contributed by atoms with Gasteiger partial charge in [-0.05, 0) is 84.4 Å². The predicted molar refractivity (Wildman–Crippen MR) is 137 cm³/mol. The summed E-state index contributed by atoms with van der Waals surface area (Å²) in [6.45, 7) is 2.22. The Morgan fingerprint density at radius 3 is 2.17 bits per heavy atom. The first-order chi connectivity index (χ1) is 17.0. The highest BCUT2D eigenvalue weighted by Gasteiger charge is 2.10. The van der Waals surface area contributed by atoms with Crippen LogP contribution in [0.25, 0.3) is 10.8 Å². The summed E-state index contributed by atoms with van der Waals surface area (Å²) >= 11 is 0. The van der Waals surface area contributed by atoms with Gasteiger partial charge in [-0.1, -0.05) is 68.7 Å². The van der Waals surface area contributed by atoms with Crippen LogP contribution in [-0.2, 0) is 32.1 Å². The van der Waals surface area contributed by atoms with E-state index < -0.39 is 11.6 Å². The number of aryl methyl sites for hydroxylation is 5. The van der Waals surface area contributed by atoms with Gasteiger partial charge < -0.3 is 0 Å². The highest BCUT2D eigenvalue weighted by molar-refractivity contribution is 5.84. The van der Waals surface area contributed by atoms with Crippen LogP contribution in [0.5, 0.6) is 0 Å². The zero-order valence-electron chi connectivity index (χ0n) is 20.3. The third-order valence-electron chi connectivity index (χ3n) is 6.64. The molecule has 3 aromatic carbocycles. The number of fused-ring (bicyclic) bond motifs is 1. The van der Waals surface area contributed by atoms with Crippen LogP contribution in [0, 0.1) is 17.5 Å². The van der Waals surface area contributed by atoms with Crippen molar-refractivity contribution in [3.63, 3.8) is 0 Å². The minimum absolute atomic E-state index is 0.243. The Labute approximate surface area is 206 Å². The molecule has 0 saturated heterocycles. The van der Waals surface area contributed by atoms with Crippen molar-refractivity contribution >= 4 is 10.8 Å². The van der Waals surface area contributed by atoms with Gasteiger partial charge in [-0.3, -0.25) is 4.98 Å². The van der Waals surface area contributed by atoms with Gasteiger partial charge in [0, 0.05) is 17.3 Å². The van der Waals surface area contributed by atoms with E-state index in [1.807, 2.05) is 30.5 Å². The van der Waals surface area contributed by atoms with Gasteiger partial charge in [-0.2, -0.15) is 0 Å². The van der Waals surface area contributed by atoms with E-state index in [2.05, 4.69) is 24.0 Å². The topological polar surface area (TPSA) is 12.9 Å². The quantitative estimate of drug-likeness (QED) is 0.199. The van der Waals surface area contributed by atoms with Gasteiger partial charge in [0.15, 0.2) is 11.6 Å². The summed E-state index contributed by atoms with van der Waals surface area (Å²) < 4.78 is 41.7. The molecule has 0 fully saturated rings. The number of pyridine rings is 1. The van der Waals surface area contributed by atoms with Crippen LogP contribution in [0.2, 0.25) is 0 Å². The minimum Gasteiger partial charge on any atom is -0.261 e. The lowest BCUT2D eigenvalue weighted by molar-refractivity contribution is 0.507. The summed E-state index contributed by atoms with van der Waals surface area (Å²) in [7, 11) is 0. The average molecular weight is 476 g/mol. The second-order valence-corrected chi connectivity index (χ2v) is 9.31. The normalized spacial score (nSPS) is 11.3. The van der Waals surface area contributed by atoms with Crippen molar-refractivity contribution in [3.8, 4) is 0 Å².